The van der Waals surface area contributed by atoms with Crippen LogP contribution in [0.3, 0.4) is 0 Å². The monoisotopic (exact) mass is 476 g/mol. The van der Waals surface area contributed by atoms with E-state index in [1.165, 1.54) is 50.5 Å². The fourth-order valence-electron chi connectivity index (χ4n) is 4.17. The molecule has 1 heterocycles. The average Bonchev–Trinajstić information content (AvgIpc) is 2.91. The van der Waals surface area contributed by atoms with Gasteiger partial charge in [-0.2, -0.15) is 0 Å². The molecule has 0 saturated heterocycles. The molecule has 1 unspecified atom stereocenters. The van der Waals surface area contributed by atoms with E-state index in [0.717, 1.165) is 36.0 Å². The van der Waals surface area contributed by atoms with Gasteiger partial charge < -0.3 is 4.74 Å². The van der Waals surface area contributed by atoms with Crippen molar-refractivity contribution in [3.63, 3.8) is 0 Å². The quantitative estimate of drug-likeness (QED) is 0.193. The molecular formula is C31H41FN2O. The number of aromatic nitrogens is 2. The van der Waals surface area contributed by atoms with Crippen molar-refractivity contribution in [2.45, 2.75) is 90.6 Å². The van der Waals surface area contributed by atoms with E-state index in [9.17, 15) is 4.39 Å². The summed E-state index contributed by atoms with van der Waals surface area (Å²) in [7, 11) is 0. The van der Waals surface area contributed by atoms with Crippen molar-refractivity contribution in [1.29, 1.82) is 0 Å². The van der Waals surface area contributed by atoms with Crippen LogP contribution in [0.15, 0.2) is 60.9 Å². The normalized spacial score (nSPS) is 12.0. The lowest BCUT2D eigenvalue weighted by Gasteiger charge is -2.10. The molecule has 3 aromatic rings. The van der Waals surface area contributed by atoms with E-state index in [1.807, 2.05) is 36.7 Å². The lowest BCUT2D eigenvalue weighted by atomic mass is 10.0. The van der Waals surface area contributed by atoms with Crippen LogP contribution in [0, 0.1) is 0 Å². The van der Waals surface area contributed by atoms with Gasteiger partial charge in [0.25, 0.3) is 0 Å². The zero-order valence-electron chi connectivity index (χ0n) is 21.5. The first-order valence-corrected chi connectivity index (χ1v) is 13.5. The number of alkyl halides is 1. The molecule has 0 spiro atoms. The molecule has 35 heavy (non-hydrogen) atoms. The number of aryl methyl sites for hydroxylation is 1. The third kappa shape index (κ3) is 9.43. The Morgan fingerprint density at radius 1 is 0.686 bits per heavy atom. The summed E-state index contributed by atoms with van der Waals surface area (Å²) < 4.78 is 19.4. The third-order valence-corrected chi connectivity index (χ3v) is 6.42. The maximum Gasteiger partial charge on any atom is 0.159 e. The number of hydrogen-bond acceptors (Lipinski definition) is 3. The number of hydrogen-bond donors (Lipinski definition) is 0. The molecule has 1 aromatic heterocycles. The van der Waals surface area contributed by atoms with Crippen LogP contribution >= 0.6 is 0 Å². The van der Waals surface area contributed by atoms with E-state index in [0.29, 0.717) is 18.0 Å². The van der Waals surface area contributed by atoms with Crippen molar-refractivity contribution in [2.24, 2.45) is 0 Å². The van der Waals surface area contributed by atoms with Crippen LogP contribution in [0.4, 0.5) is 4.39 Å². The Bertz CT molecular complexity index is 955. The minimum Gasteiger partial charge on any atom is -0.491 e. The van der Waals surface area contributed by atoms with Crippen LogP contribution in [0.5, 0.6) is 5.75 Å². The van der Waals surface area contributed by atoms with E-state index in [-0.39, 0.29) is 6.61 Å². The van der Waals surface area contributed by atoms with Gasteiger partial charge in [0.05, 0.1) is 0 Å². The van der Waals surface area contributed by atoms with Crippen molar-refractivity contribution in [3.05, 3.63) is 66.5 Å². The Hall–Kier alpha value is -2.75. The Morgan fingerprint density at radius 2 is 1.29 bits per heavy atom. The predicted molar refractivity (Wildman–Crippen MR) is 145 cm³/mol. The van der Waals surface area contributed by atoms with Crippen molar-refractivity contribution in [3.8, 4) is 28.3 Å². The van der Waals surface area contributed by atoms with Crippen molar-refractivity contribution in [2.75, 3.05) is 6.61 Å². The zero-order chi connectivity index (χ0) is 24.7. The molecule has 3 rings (SSSR count). The van der Waals surface area contributed by atoms with Gasteiger partial charge >= 0.3 is 0 Å². The summed E-state index contributed by atoms with van der Waals surface area (Å²) >= 11 is 0. The van der Waals surface area contributed by atoms with Gasteiger partial charge in [-0.05, 0) is 54.7 Å². The lowest BCUT2D eigenvalue weighted by Crippen LogP contribution is -2.12. The summed E-state index contributed by atoms with van der Waals surface area (Å²) in [6.45, 7) is 4.43. The number of rotatable bonds is 16. The van der Waals surface area contributed by atoms with Crippen molar-refractivity contribution >= 4 is 0 Å². The largest absolute Gasteiger partial charge is 0.491 e. The molecular weight excluding hydrogens is 435 g/mol. The molecule has 0 aliphatic carbocycles. The highest BCUT2D eigenvalue weighted by Crippen LogP contribution is 2.23. The van der Waals surface area contributed by atoms with Gasteiger partial charge in [0.1, 0.15) is 18.5 Å². The van der Waals surface area contributed by atoms with E-state index >= 15 is 0 Å². The second kappa shape index (κ2) is 15.3. The topological polar surface area (TPSA) is 35.0 Å². The van der Waals surface area contributed by atoms with Gasteiger partial charge in [0.2, 0.25) is 0 Å². The molecule has 0 saturated carbocycles. The van der Waals surface area contributed by atoms with Gasteiger partial charge in [-0.25, -0.2) is 14.4 Å². The van der Waals surface area contributed by atoms with Gasteiger partial charge in [-0.15, -0.1) is 0 Å². The van der Waals surface area contributed by atoms with Gasteiger partial charge in [0.15, 0.2) is 5.82 Å². The molecule has 188 valence electrons. The van der Waals surface area contributed by atoms with Crippen molar-refractivity contribution in [1.82, 2.24) is 9.97 Å². The van der Waals surface area contributed by atoms with E-state index in [4.69, 9.17) is 4.74 Å². The van der Waals surface area contributed by atoms with Gasteiger partial charge in [-0.1, -0.05) is 89.5 Å². The molecule has 4 heteroatoms. The third-order valence-electron chi connectivity index (χ3n) is 6.42. The molecule has 0 fully saturated rings. The Morgan fingerprint density at radius 3 is 1.94 bits per heavy atom. The van der Waals surface area contributed by atoms with Crippen LogP contribution in [0.2, 0.25) is 0 Å². The minimum atomic E-state index is -0.917. The van der Waals surface area contributed by atoms with Crippen LogP contribution < -0.4 is 4.74 Å². The standard InChI is InChI=1S/C31H41FN2O/c1-3-5-7-8-9-10-11-12-25-14-16-26(17-15-25)28-22-33-31(34-23-28)27-18-20-30(21-19-27)35-24-29(32)13-6-4-2/h14-23,29H,3-13,24H2,1-2H3. The summed E-state index contributed by atoms with van der Waals surface area (Å²) in [4.78, 5) is 9.13. The molecule has 0 amide bonds. The van der Waals surface area contributed by atoms with E-state index < -0.39 is 6.17 Å². The maximum absolute atomic E-state index is 13.8. The van der Waals surface area contributed by atoms with Crippen LogP contribution in [-0.4, -0.2) is 22.7 Å². The summed E-state index contributed by atoms with van der Waals surface area (Å²) in [5, 5.41) is 0. The number of ether oxygens (including phenoxy) is 1. The highest BCUT2D eigenvalue weighted by atomic mass is 19.1. The number of nitrogens with zero attached hydrogens (tertiary/aromatic N) is 2. The first kappa shape index (κ1) is 26.8. The smallest absolute Gasteiger partial charge is 0.159 e. The van der Waals surface area contributed by atoms with Crippen LogP contribution in [0.25, 0.3) is 22.5 Å². The van der Waals surface area contributed by atoms with Crippen molar-refractivity contribution < 1.29 is 9.13 Å². The molecule has 0 radical (unpaired) electrons. The fourth-order valence-corrected chi connectivity index (χ4v) is 4.17. The van der Waals surface area contributed by atoms with Gasteiger partial charge in [0, 0.05) is 23.5 Å². The van der Waals surface area contributed by atoms with Gasteiger partial charge in [-0.3, -0.25) is 0 Å². The van der Waals surface area contributed by atoms with E-state index in [2.05, 4.69) is 48.1 Å². The second-order valence-corrected chi connectivity index (χ2v) is 9.44. The summed E-state index contributed by atoms with van der Waals surface area (Å²) in [5.74, 6) is 1.34. The highest BCUT2D eigenvalue weighted by molar-refractivity contribution is 5.64. The SMILES string of the molecule is CCCCCCCCCc1ccc(-c2cnc(-c3ccc(OCC(F)CCCC)cc3)nc2)cc1. The zero-order valence-corrected chi connectivity index (χ0v) is 21.5. The number of unbranched alkanes of at least 4 members (excludes halogenated alkanes) is 7. The molecule has 3 nitrogen and oxygen atoms in total. The molecule has 0 aliphatic heterocycles. The first-order chi connectivity index (χ1) is 17.2. The molecule has 2 aromatic carbocycles. The molecule has 1 atom stereocenters. The van der Waals surface area contributed by atoms with E-state index in [1.54, 1.807) is 0 Å². The predicted octanol–water partition coefficient (Wildman–Crippen LogP) is 9.01. The Kier molecular flexibility index (Phi) is 11.7. The molecule has 0 N–H and O–H groups in total. The summed E-state index contributed by atoms with van der Waals surface area (Å²) in [6, 6.07) is 16.3. The molecule has 0 aliphatic rings. The first-order valence-electron chi connectivity index (χ1n) is 13.5. The maximum atomic E-state index is 13.8. The summed E-state index contributed by atoms with van der Waals surface area (Å²) in [5.41, 5.74) is 4.45. The fraction of sp³-hybridized carbons (Fsp3) is 0.484. The lowest BCUT2D eigenvalue weighted by molar-refractivity contribution is 0.184. The Balaban J connectivity index is 1.47. The molecule has 0 bridgehead atoms. The number of benzene rings is 2. The Labute approximate surface area is 211 Å². The van der Waals surface area contributed by atoms with Crippen LogP contribution in [0.1, 0.15) is 83.6 Å². The second-order valence-electron chi connectivity index (χ2n) is 9.44. The number of halogens is 1. The average molecular weight is 477 g/mol. The highest BCUT2D eigenvalue weighted by Gasteiger charge is 2.08. The minimum absolute atomic E-state index is 0.0996. The summed E-state index contributed by atoms with van der Waals surface area (Å²) in [6.07, 6.45) is 15.8. The van der Waals surface area contributed by atoms with Crippen LogP contribution in [-0.2, 0) is 6.42 Å².